The molecule has 1 aliphatic rings. The van der Waals surface area contributed by atoms with Gasteiger partial charge in [-0.05, 0) is 38.3 Å². The lowest BCUT2D eigenvalue weighted by molar-refractivity contribution is -0.914. The molecule has 1 aliphatic heterocycles. The number of benzene rings is 1. The number of hydrogen-bond donors (Lipinski definition) is 1. The zero-order chi connectivity index (χ0) is 14.5. The van der Waals surface area contributed by atoms with Crippen LogP contribution in [0.15, 0.2) is 30.3 Å². The summed E-state index contributed by atoms with van der Waals surface area (Å²) < 4.78 is 1.09. The standard InChI is InChI=1S/C18H26NO/c1-18(20,12-11-17-9-5-3-6-10-17)13-16-19(2)14-7-4-8-15-19/h3,5-6,9-10,20H,4,7-8,13-16H2,1-2H3/q+1. The van der Waals surface area contributed by atoms with Crippen molar-refractivity contribution in [2.45, 2.75) is 38.2 Å². The Bertz CT molecular complexity index is 475. The Morgan fingerprint density at radius 1 is 1.15 bits per heavy atom. The van der Waals surface area contributed by atoms with Crippen LogP contribution in [-0.2, 0) is 0 Å². The van der Waals surface area contributed by atoms with Gasteiger partial charge in [0.05, 0.1) is 26.7 Å². The number of hydrogen-bond acceptors (Lipinski definition) is 1. The van der Waals surface area contributed by atoms with E-state index in [0.717, 1.165) is 23.0 Å². The molecule has 1 N–H and O–H groups in total. The minimum atomic E-state index is -0.894. The average Bonchev–Trinajstić information content (AvgIpc) is 2.46. The van der Waals surface area contributed by atoms with E-state index in [4.69, 9.17) is 0 Å². The Morgan fingerprint density at radius 2 is 1.80 bits per heavy atom. The topological polar surface area (TPSA) is 20.2 Å². The highest BCUT2D eigenvalue weighted by atomic mass is 16.3. The zero-order valence-corrected chi connectivity index (χ0v) is 12.7. The maximum atomic E-state index is 10.4. The van der Waals surface area contributed by atoms with Crippen molar-refractivity contribution < 1.29 is 9.59 Å². The lowest BCUT2D eigenvalue weighted by atomic mass is 10.00. The third-order valence-electron chi connectivity index (χ3n) is 4.28. The van der Waals surface area contributed by atoms with Gasteiger partial charge < -0.3 is 9.59 Å². The fourth-order valence-corrected chi connectivity index (χ4v) is 2.78. The molecule has 1 aromatic rings. The number of nitrogens with zero attached hydrogens (tertiary/aromatic N) is 1. The average molecular weight is 272 g/mol. The molecule has 0 amide bonds. The highest BCUT2D eigenvalue weighted by molar-refractivity contribution is 5.35. The molecular formula is C18H26NO+. The summed E-state index contributed by atoms with van der Waals surface area (Å²) >= 11 is 0. The van der Waals surface area contributed by atoms with Crippen LogP contribution < -0.4 is 0 Å². The van der Waals surface area contributed by atoms with E-state index in [1.165, 1.54) is 32.4 Å². The first kappa shape index (κ1) is 15.1. The molecule has 0 radical (unpaired) electrons. The van der Waals surface area contributed by atoms with E-state index in [2.05, 4.69) is 18.9 Å². The van der Waals surface area contributed by atoms with Gasteiger partial charge in [0, 0.05) is 12.0 Å². The zero-order valence-electron chi connectivity index (χ0n) is 12.7. The van der Waals surface area contributed by atoms with Gasteiger partial charge in [-0.25, -0.2) is 0 Å². The third-order valence-corrected chi connectivity index (χ3v) is 4.28. The molecule has 1 aromatic carbocycles. The first-order valence-electron chi connectivity index (χ1n) is 7.63. The molecule has 1 saturated heterocycles. The third kappa shape index (κ3) is 4.67. The summed E-state index contributed by atoms with van der Waals surface area (Å²) in [6, 6.07) is 9.87. The molecular weight excluding hydrogens is 246 g/mol. The summed E-state index contributed by atoms with van der Waals surface area (Å²) in [7, 11) is 2.31. The maximum Gasteiger partial charge on any atom is 0.128 e. The summed E-state index contributed by atoms with van der Waals surface area (Å²) in [5, 5.41) is 10.4. The van der Waals surface area contributed by atoms with Gasteiger partial charge in [0.1, 0.15) is 5.60 Å². The maximum absolute atomic E-state index is 10.4. The minimum Gasteiger partial charge on any atom is -0.378 e. The molecule has 1 fully saturated rings. The van der Waals surface area contributed by atoms with Gasteiger partial charge in [-0.15, -0.1) is 0 Å². The van der Waals surface area contributed by atoms with Gasteiger partial charge in [-0.2, -0.15) is 0 Å². The molecule has 0 aromatic heterocycles. The van der Waals surface area contributed by atoms with Gasteiger partial charge in [-0.3, -0.25) is 0 Å². The van der Waals surface area contributed by atoms with Crippen LogP contribution >= 0.6 is 0 Å². The molecule has 2 rings (SSSR count). The van der Waals surface area contributed by atoms with Crippen LogP contribution in [-0.4, -0.2) is 41.9 Å². The summed E-state index contributed by atoms with van der Waals surface area (Å²) in [5.41, 5.74) is 0.0697. The number of rotatable bonds is 3. The molecule has 0 aliphatic carbocycles. The monoisotopic (exact) mass is 272 g/mol. The van der Waals surface area contributed by atoms with E-state index in [1.54, 1.807) is 0 Å². The van der Waals surface area contributed by atoms with Gasteiger partial charge in [-0.1, -0.05) is 30.0 Å². The number of aliphatic hydroxyl groups is 1. The second kappa shape index (κ2) is 6.43. The number of likely N-dealkylation sites (tertiary alicyclic amines) is 1. The quantitative estimate of drug-likeness (QED) is 0.662. The lowest BCUT2D eigenvalue weighted by Crippen LogP contribution is -2.50. The molecule has 108 valence electrons. The van der Waals surface area contributed by atoms with Crippen molar-refractivity contribution >= 4 is 0 Å². The summed E-state index contributed by atoms with van der Waals surface area (Å²) in [5.74, 6) is 6.11. The first-order valence-corrected chi connectivity index (χ1v) is 7.63. The van der Waals surface area contributed by atoms with Gasteiger partial charge in [0.15, 0.2) is 0 Å². The Morgan fingerprint density at radius 3 is 2.45 bits per heavy atom. The molecule has 0 bridgehead atoms. The van der Waals surface area contributed by atoms with E-state index in [9.17, 15) is 5.11 Å². The van der Waals surface area contributed by atoms with E-state index >= 15 is 0 Å². The van der Waals surface area contributed by atoms with Crippen molar-refractivity contribution in [3.8, 4) is 11.8 Å². The lowest BCUT2D eigenvalue weighted by Gasteiger charge is -2.39. The van der Waals surface area contributed by atoms with Crippen LogP contribution in [0.3, 0.4) is 0 Å². The molecule has 2 nitrogen and oxygen atoms in total. The van der Waals surface area contributed by atoms with Crippen molar-refractivity contribution in [1.29, 1.82) is 0 Å². The second-order valence-electron chi connectivity index (χ2n) is 6.49. The highest BCUT2D eigenvalue weighted by Gasteiger charge is 2.28. The fraction of sp³-hybridized carbons (Fsp3) is 0.556. The number of piperidine rings is 1. The predicted octanol–water partition coefficient (Wildman–Crippen LogP) is 2.81. The van der Waals surface area contributed by atoms with Gasteiger partial charge >= 0.3 is 0 Å². The molecule has 2 heteroatoms. The Labute approximate surface area is 123 Å². The van der Waals surface area contributed by atoms with Crippen molar-refractivity contribution in [1.82, 2.24) is 0 Å². The molecule has 1 atom stereocenters. The SMILES string of the molecule is CC(O)(C#Cc1ccccc1)CC[N+]1(C)CCCCC1. The fourth-order valence-electron chi connectivity index (χ4n) is 2.78. The predicted molar refractivity (Wildman–Crippen MR) is 83.2 cm³/mol. The van der Waals surface area contributed by atoms with Crippen LogP contribution in [0.2, 0.25) is 0 Å². The van der Waals surface area contributed by atoms with Crippen LogP contribution in [0, 0.1) is 11.8 Å². The van der Waals surface area contributed by atoms with Crippen molar-refractivity contribution in [3.05, 3.63) is 35.9 Å². The van der Waals surface area contributed by atoms with E-state index in [-0.39, 0.29) is 0 Å². The van der Waals surface area contributed by atoms with Gasteiger partial charge in [0.25, 0.3) is 0 Å². The van der Waals surface area contributed by atoms with E-state index in [0.29, 0.717) is 0 Å². The van der Waals surface area contributed by atoms with Crippen molar-refractivity contribution in [2.75, 3.05) is 26.7 Å². The van der Waals surface area contributed by atoms with Gasteiger partial charge in [0.2, 0.25) is 0 Å². The normalized spacial score (nSPS) is 20.6. The minimum absolute atomic E-state index is 0.739. The molecule has 1 heterocycles. The Balaban J connectivity index is 1.92. The Kier molecular flexibility index (Phi) is 4.86. The van der Waals surface area contributed by atoms with E-state index in [1.807, 2.05) is 37.3 Å². The molecule has 0 saturated carbocycles. The van der Waals surface area contributed by atoms with Crippen LogP contribution in [0.5, 0.6) is 0 Å². The van der Waals surface area contributed by atoms with Crippen LogP contribution in [0.25, 0.3) is 0 Å². The molecule has 0 spiro atoms. The van der Waals surface area contributed by atoms with Crippen LogP contribution in [0.1, 0.15) is 38.2 Å². The Hall–Kier alpha value is -1.30. The largest absolute Gasteiger partial charge is 0.378 e. The highest BCUT2D eigenvalue weighted by Crippen LogP contribution is 2.19. The van der Waals surface area contributed by atoms with E-state index < -0.39 is 5.60 Å². The molecule has 1 unspecified atom stereocenters. The summed E-state index contributed by atoms with van der Waals surface area (Å²) in [6.07, 6.45) is 4.73. The van der Waals surface area contributed by atoms with Crippen LogP contribution in [0.4, 0.5) is 0 Å². The van der Waals surface area contributed by atoms with Crippen molar-refractivity contribution in [2.24, 2.45) is 0 Å². The van der Waals surface area contributed by atoms with Crippen molar-refractivity contribution in [3.63, 3.8) is 0 Å². The second-order valence-corrected chi connectivity index (χ2v) is 6.49. The summed E-state index contributed by atoms with van der Waals surface area (Å²) in [6.45, 7) is 5.32. The summed E-state index contributed by atoms with van der Waals surface area (Å²) in [4.78, 5) is 0. The smallest absolute Gasteiger partial charge is 0.128 e. The first-order chi connectivity index (χ1) is 9.49. The molecule has 20 heavy (non-hydrogen) atoms. The number of quaternary nitrogens is 1.